The average Bonchev–Trinajstić information content (AvgIpc) is 2.57. The second kappa shape index (κ2) is 17.3. The van der Waals surface area contributed by atoms with Crippen LogP contribution in [0.3, 0.4) is 0 Å². The van der Waals surface area contributed by atoms with Gasteiger partial charge in [-0.1, -0.05) is 19.8 Å². The van der Waals surface area contributed by atoms with Crippen LogP contribution in [-0.2, 0) is 9.47 Å². The molecule has 162 valence electrons. The normalized spacial score (nSPS) is 12.7. The zero-order chi connectivity index (χ0) is 19.8. The van der Waals surface area contributed by atoms with Crippen molar-refractivity contribution in [3.8, 4) is 0 Å². The summed E-state index contributed by atoms with van der Waals surface area (Å²) in [5.41, 5.74) is -0.491. The summed E-state index contributed by atoms with van der Waals surface area (Å²) in [4.78, 5) is 16.1. The number of guanidine groups is 1. The lowest BCUT2D eigenvalue weighted by Crippen LogP contribution is -2.49. The minimum Gasteiger partial charge on any atom is -0.444 e. The Hall–Kier alpha value is -0.770. The summed E-state index contributed by atoms with van der Waals surface area (Å²) in [6.45, 7) is 12.6. The van der Waals surface area contributed by atoms with E-state index in [1.165, 1.54) is 0 Å². The fourth-order valence-corrected chi connectivity index (χ4v) is 2.26. The van der Waals surface area contributed by atoms with E-state index in [0.717, 1.165) is 57.8 Å². The summed E-state index contributed by atoms with van der Waals surface area (Å²) in [6.07, 6.45) is 4.80. The highest BCUT2D eigenvalue weighted by Crippen LogP contribution is 2.07. The van der Waals surface area contributed by atoms with Crippen molar-refractivity contribution in [2.24, 2.45) is 4.99 Å². The molecule has 0 saturated carbocycles. The molecule has 0 fully saturated rings. The molecule has 8 heteroatoms. The van der Waals surface area contributed by atoms with Gasteiger partial charge in [0.15, 0.2) is 5.96 Å². The first-order chi connectivity index (χ1) is 12.3. The number of nitrogens with zero attached hydrogens (tertiary/aromatic N) is 1. The van der Waals surface area contributed by atoms with Gasteiger partial charge in [-0.2, -0.15) is 0 Å². The van der Waals surface area contributed by atoms with Gasteiger partial charge in [0, 0.05) is 39.4 Å². The van der Waals surface area contributed by atoms with Gasteiger partial charge in [0.1, 0.15) is 5.60 Å². The summed E-state index contributed by atoms with van der Waals surface area (Å²) in [5.74, 6) is 0.758. The molecule has 0 aromatic carbocycles. The van der Waals surface area contributed by atoms with E-state index in [1.54, 1.807) is 7.05 Å². The predicted molar refractivity (Wildman–Crippen MR) is 123 cm³/mol. The molecule has 3 N–H and O–H groups in total. The number of hydrogen-bond donors (Lipinski definition) is 3. The van der Waals surface area contributed by atoms with Crippen molar-refractivity contribution in [3.63, 3.8) is 0 Å². The topological polar surface area (TPSA) is 84.0 Å². The lowest BCUT2D eigenvalue weighted by Gasteiger charge is -2.24. The molecule has 0 aromatic rings. The molecular weight excluding hydrogens is 459 g/mol. The van der Waals surface area contributed by atoms with Crippen LogP contribution >= 0.6 is 24.0 Å². The van der Waals surface area contributed by atoms with E-state index < -0.39 is 5.60 Å². The van der Waals surface area contributed by atoms with Crippen molar-refractivity contribution in [2.45, 2.75) is 78.4 Å². The number of nitrogens with one attached hydrogen (secondary N) is 3. The van der Waals surface area contributed by atoms with E-state index in [9.17, 15) is 4.79 Å². The van der Waals surface area contributed by atoms with Crippen molar-refractivity contribution in [1.29, 1.82) is 0 Å². The predicted octanol–water partition coefficient (Wildman–Crippen LogP) is 3.67. The van der Waals surface area contributed by atoms with Crippen LogP contribution in [0, 0.1) is 0 Å². The van der Waals surface area contributed by atoms with E-state index >= 15 is 0 Å². The minimum absolute atomic E-state index is 0. The van der Waals surface area contributed by atoms with E-state index in [-0.39, 0.29) is 36.1 Å². The van der Waals surface area contributed by atoms with Crippen LogP contribution in [0.2, 0.25) is 0 Å². The Morgan fingerprint density at radius 3 is 2.37 bits per heavy atom. The first-order valence-corrected chi connectivity index (χ1v) is 9.84. The average molecular weight is 500 g/mol. The number of halogens is 1. The van der Waals surface area contributed by atoms with Crippen molar-refractivity contribution >= 4 is 36.0 Å². The van der Waals surface area contributed by atoms with Crippen LogP contribution in [0.4, 0.5) is 4.79 Å². The van der Waals surface area contributed by atoms with Crippen molar-refractivity contribution < 1.29 is 14.3 Å². The fourth-order valence-electron chi connectivity index (χ4n) is 2.26. The summed E-state index contributed by atoms with van der Waals surface area (Å²) in [6, 6.07) is 0.108. The number of ether oxygens (including phenoxy) is 2. The molecule has 0 bridgehead atoms. The number of alkyl carbamates (subject to hydrolysis) is 1. The molecule has 0 rings (SSSR count). The van der Waals surface area contributed by atoms with Gasteiger partial charge in [0.2, 0.25) is 0 Å². The SMILES string of the molecule is CCCCC(CNC(=O)OC(C)(C)C)NC(=NC)NCCCCOCC.I. The van der Waals surface area contributed by atoms with Gasteiger partial charge in [-0.3, -0.25) is 4.99 Å². The van der Waals surface area contributed by atoms with Gasteiger partial charge in [-0.15, -0.1) is 24.0 Å². The van der Waals surface area contributed by atoms with Crippen LogP contribution in [0.5, 0.6) is 0 Å². The highest BCUT2D eigenvalue weighted by molar-refractivity contribution is 14.0. The van der Waals surface area contributed by atoms with Gasteiger partial charge in [-0.25, -0.2) is 4.79 Å². The largest absolute Gasteiger partial charge is 0.444 e. The Morgan fingerprint density at radius 2 is 1.81 bits per heavy atom. The van der Waals surface area contributed by atoms with Crippen LogP contribution in [0.25, 0.3) is 0 Å². The minimum atomic E-state index is -0.491. The molecule has 1 atom stereocenters. The fraction of sp³-hybridized carbons (Fsp3) is 0.895. The van der Waals surface area contributed by atoms with E-state index in [2.05, 4.69) is 27.9 Å². The summed E-state index contributed by atoms with van der Waals surface area (Å²) < 4.78 is 10.6. The number of rotatable bonds is 12. The van der Waals surface area contributed by atoms with Crippen LogP contribution < -0.4 is 16.0 Å². The molecule has 0 saturated heterocycles. The molecule has 0 radical (unpaired) electrons. The molecule has 7 nitrogen and oxygen atoms in total. The number of amides is 1. The molecule has 27 heavy (non-hydrogen) atoms. The van der Waals surface area contributed by atoms with E-state index in [4.69, 9.17) is 9.47 Å². The van der Waals surface area contributed by atoms with E-state index in [0.29, 0.717) is 6.54 Å². The maximum atomic E-state index is 11.9. The maximum Gasteiger partial charge on any atom is 0.407 e. The summed E-state index contributed by atoms with van der Waals surface area (Å²) >= 11 is 0. The van der Waals surface area contributed by atoms with E-state index in [1.807, 2.05) is 27.7 Å². The summed E-state index contributed by atoms with van der Waals surface area (Å²) in [7, 11) is 1.76. The Labute approximate surface area is 182 Å². The zero-order valence-corrected chi connectivity index (χ0v) is 20.4. The smallest absolute Gasteiger partial charge is 0.407 e. The molecule has 0 aromatic heterocycles. The maximum absolute atomic E-state index is 11.9. The molecule has 0 heterocycles. The Balaban J connectivity index is 0. The number of carbonyl (C=O) groups excluding carboxylic acids is 1. The monoisotopic (exact) mass is 500 g/mol. The lowest BCUT2D eigenvalue weighted by molar-refractivity contribution is 0.0523. The molecule has 0 aliphatic carbocycles. The van der Waals surface area contributed by atoms with Gasteiger partial charge in [0.05, 0.1) is 0 Å². The third-order valence-corrected chi connectivity index (χ3v) is 3.57. The molecule has 1 unspecified atom stereocenters. The second-order valence-electron chi connectivity index (χ2n) is 7.27. The second-order valence-corrected chi connectivity index (χ2v) is 7.27. The molecule has 0 aliphatic rings. The Bertz CT molecular complexity index is 401. The van der Waals surface area contributed by atoms with Crippen LogP contribution in [0.15, 0.2) is 4.99 Å². The van der Waals surface area contributed by atoms with Crippen molar-refractivity contribution in [2.75, 3.05) is 33.4 Å². The molecule has 0 spiro atoms. The number of aliphatic imine (C=N–C) groups is 1. The van der Waals surface area contributed by atoms with Crippen molar-refractivity contribution in [3.05, 3.63) is 0 Å². The molecular formula is C19H41IN4O3. The van der Waals surface area contributed by atoms with Gasteiger partial charge >= 0.3 is 6.09 Å². The quantitative estimate of drug-likeness (QED) is 0.165. The number of hydrogen-bond acceptors (Lipinski definition) is 4. The Morgan fingerprint density at radius 1 is 1.11 bits per heavy atom. The van der Waals surface area contributed by atoms with Gasteiger partial charge in [0.25, 0.3) is 0 Å². The van der Waals surface area contributed by atoms with Crippen LogP contribution in [0.1, 0.15) is 66.7 Å². The highest BCUT2D eigenvalue weighted by atomic mass is 127. The Kier molecular flexibility index (Phi) is 18.3. The van der Waals surface area contributed by atoms with Crippen molar-refractivity contribution in [1.82, 2.24) is 16.0 Å². The standard InChI is InChI=1S/C19H40N4O3.HI/c1-7-9-12-16(15-22-18(24)26-19(3,4)5)23-17(20-6)21-13-10-11-14-25-8-2;/h16H,7-15H2,1-6H3,(H,22,24)(H2,20,21,23);1H. The first kappa shape index (κ1) is 28.4. The number of carbonyl (C=O) groups is 1. The van der Waals surface area contributed by atoms with Crippen LogP contribution in [-0.4, -0.2) is 57.0 Å². The van der Waals surface area contributed by atoms with Gasteiger partial charge < -0.3 is 25.4 Å². The number of unbranched alkanes of at least 4 members (excludes halogenated alkanes) is 2. The summed E-state index contributed by atoms with van der Waals surface area (Å²) in [5, 5.41) is 9.56. The molecule has 0 aliphatic heterocycles. The third kappa shape index (κ3) is 18.4. The third-order valence-electron chi connectivity index (χ3n) is 3.57. The first-order valence-electron chi connectivity index (χ1n) is 9.84. The van der Waals surface area contributed by atoms with Gasteiger partial charge in [-0.05, 0) is 47.0 Å². The highest BCUT2D eigenvalue weighted by Gasteiger charge is 2.18. The lowest BCUT2D eigenvalue weighted by atomic mass is 10.1. The zero-order valence-electron chi connectivity index (χ0n) is 18.0. The molecule has 1 amide bonds.